The second-order valence-electron chi connectivity index (χ2n) is 12.1. The van der Waals surface area contributed by atoms with Crippen LogP contribution < -0.4 is 5.32 Å². The van der Waals surface area contributed by atoms with Crippen LogP contribution in [0.5, 0.6) is 0 Å². The average Bonchev–Trinajstić information content (AvgIpc) is 3.69. The minimum absolute atomic E-state index is 0.0255. The quantitative estimate of drug-likeness (QED) is 0.299. The number of carbonyl (C=O) groups excluding carboxylic acids is 3. The standard InChI is InChI=1S/C31H37N5O10/c1-17-22(45-19(3)43-17)13-42-29(40)35-27-21-11-12-24(36(21)34-16-33-27)31(15-32)26(38)25(44-18(2)37)23(46-31)14-41-28(39)30(4,5)20-9-7-6-8-10-20/h11-12,16,20,23,25-26,38H,3,6-10,13-14H2,1-2,4-5H3,(H,33,34,35,40)/t23-,25-,26-,31+/m1/s1. The number of hydrogen-bond donors (Lipinski definition) is 2. The number of aliphatic hydroxyl groups excluding tert-OH is 1. The third-order valence-electron chi connectivity index (χ3n) is 8.71. The molecule has 0 spiro atoms. The Morgan fingerprint density at radius 2 is 1.96 bits per heavy atom. The lowest BCUT2D eigenvalue weighted by Gasteiger charge is -2.35. The zero-order valence-electron chi connectivity index (χ0n) is 26.1. The first-order valence-electron chi connectivity index (χ1n) is 15.0. The minimum Gasteiger partial charge on any atom is -0.462 e. The number of carbonyl (C=O) groups is 3. The van der Waals surface area contributed by atoms with Gasteiger partial charge in [0.05, 0.1) is 11.1 Å². The van der Waals surface area contributed by atoms with Crippen molar-refractivity contribution in [3.05, 3.63) is 48.2 Å². The van der Waals surface area contributed by atoms with Crippen LogP contribution in [0.3, 0.4) is 0 Å². The van der Waals surface area contributed by atoms with E-state index in [1.807, 2.05) is 19.9 Å². The van der Waals surface area contributed by atoms with Crippen LogP contribution in [0, 0.1) is 22.7 Å². The molecule has 1 amide bonds. The molecule has 2 aliphatic heterocycles. The predicted molar refractivity (Wildman–Crippen MR) is 157 cm³/mol. The zero-order valence-corrected chi connectivity index (χ0v) is 26.1. The summed E-state index contributed by atoms with van der Waals surface area (Å²) in [4.78, 5) is 41.9. The van der Waals surface area contributed by atoms with E-state index in [1.165, 1.54) is 16.6 Å². The van der Waals surface area contributed by atoms with Crippen LogP contribution in [0.4, 0.5) is 10.6 Å². The van der Waals surface area contributed by atoms with E-state index in [-0.39, 0.29) is 47.9 Å². The van der Waals surface area contributed by atoms with E-state index in [0.29, 0.717) is 5.76 Å². The Kier molecular flexibility index (Phi) is 9.22. The summed E-state index contributed by atoms with van der Waals surface area (Å²) < 4.78 is 34.1. The molecule has 246 valence electrons. The smallest absolute Gasteiger partial charge is 0.413 e. The summed E-state index contributed by atoms with van der Waals surface area (Å²) in [6.45, 7) is 9.42. The first kappa shape index (κ1) is 32.7. The topological polar surface area (TPSA) is 193 Å². The van der Waals surface area contributed by atoms with Crippen LogP contribution in [0.1, 0.15) is 65.5 Å². The van der Waals surface area contributed by atoms with Crippen LogP contribution in [-0.2, 0) is 43.6 Å². The summed E-state index contributed by atoms with van der Waals surface area (Å²) in [6.07, 6.45) is 1.09. The molecular weight excluding hydrogens is 602 g/mol. The Morgan fingerprint density at radius 1 is 1.22 bits per heavy atom. The maximum absolute atomic E-state index is 13.2. The molecule has 2 aromatic heterocycles. The Labute approximate surface area is 265 Å². The van der Waals surface area contributed by atoms with Gasteiger partial charge in [0, 0.05) is 6.92 Å². The van der Waals surface area contributed by atoms with Crippen LogP contribution in [0.2, 0.25) is 0 Å². The molecule has 0 bridgehead atoms. The number of fused-ring (bicyclic) bond motifs is 1. The highest BCUT2D eigenvalue weighted by molar-refractivity contribution is 5.88. The normalized spacial score (nSPS) is 25.0. The van der Waals surface area contributed by atoms with E-state index in [4.69, 9.17) is 28.4 Å². The summed E-state index contributed by atoms with van der Waals surface area (Å²) in [5.74, 6) is -0.235. The van der Waals surface area contributed by atoms with Gasteiger partial charge < -0.3 is 33.5 Å². The van der Waals surface area contributed by atoms with E-state index in [9.17, 15) is 24.8 Å². The molecular formula is C31H37N5O10. The molecule has 15 heteroatoms. The first-order valence-corrected chi connectivity index (χ1v) is 15.0. The van der Waals surface area contributed by atoms with Gasteiger partial charge in [0.2, 0.25) is 5.60 Å². The fourth-order valence-corrected chi connectivity index (χ4v) is 6.13. The third kappa shape index (κ3) is 6.22. The van der Waals surface area contributed by atoms with Gasteiger partial charge in [0.15, 0.2) is 24.3 Å². The van der Waals surface area contributed by atoms with Crippen molar-refractivity contribution in [2.75, 3.05) is 18.5 Å². The zero-order chi connectivity index (χ0) is 33.2. The highest BCUT2D eigenvalue weighted by Gasteiger charge is 2.60. The van der Waals surface area contributed by atoms with Gasteiger partial charge in [-0.1, -0.05) is 19.3 Å². The number of amides is 1. The number of nitrogens with one attached hydrogen (secondary N) is 1. The van der Waals surface area contributed by atoms with E-state index >= 15 is 0 Å². The molecule has 1 saturated carbocycles. The molecule has 2 aromatic rings. The Hall–Kier alpha value is -4.68. The second-order valence-corrected chi connectivity index (χ2v) is 12.1. The van der Waals surface area contributed by atoms with Crippen LogP contribution >= 0.6 is 0 Å². The van der Waals surface area contributed by atoms with Crippen LogP contribution in [0.25, 0.3) is 5.52 Å². The highest BCUT2D eigenvalue weighted by atomic mass is 16.7. The van der Waals surface area contributed by atoms with Gasteiger partial charge in [-0.15, -0.1) is 0 Å². The molecule has 2 fully saturated rings. The van der Waals surface area contributed by atoms with Crippen molar-refractivity contribution in [3.63, 3.8) is 0 Å². The van der Waals surface area contributed by atoms with Crippen molar-refractivity contribution < 1.29 is 47.9 Å². The largest absolute Gasteiger partial charge is 0.462 e. The number of rotatable bonds is 9. The number of hydrogen-bond acceptors (Lipinski definition) is 13. The lowest BCUT2D eigenvalue weighted by molar-refractivity contribution is -0.167. The molecule has 4 atom stereocenters. The molecule has 1 saturated heterocycles. The number of allylic oxidation sites excluding steroid dienone is 1. The number of anilines is 1. The van der Waals surface area contributed by atoms with Gasteiger partial charge >= 0.3 is 18.0 Å². The lowest BCUT2D eigenvalue weighted by atomic mass is 9.71. The minimum atomic E-state index is -2.11. The summed E-state index contributed by atoms with van der Waals surface area (Å²) in [5.41, 5.74) is -2.58. The fraction of sp³-hybridized carbons (Fsp3) is 0.548. The number of esters is 2. The summed E-state index contributed by atoms with van der Waals surface area (Å²) in [6, 6.07) is 4.97. The molecule has 3 aliphatic rings. The van der Waals surface area contributed by atoms with E-state index in [0.717, 1.165) is 45.4 Å². The SMILES string of the molecule is C=C1OC(C)=C(COC(=O)Nc2ncnn3c([C@]4(C#N)O[C@H](COC(=O)C(C)(C)C5CCCCC5)[C@@H](OC(C)=O)[C@H]4O)ccc23)O1. The van der Waals surface area contributed by atoms with Gasteiger partial charge in [0.1, 0.15) is 42.5 Å². The van der Waals surface area contributed by atoms with Crippen molar-refractivity contribution in [1.82, 2.24) is 14.6 Å². The van der Waals surface area contributed by atoms with Gasteiger partial charge in [-0.2, -0.15) is 10.4 Å². The number of nitrogens with zero attached hydrogens (tertiary/aromatic N) is 4. The number of aliphatic hydroxyl groups is 1. The predicted octanol–water partition coefficient (Wildman–Crippen LogP) is 3.59. The summed E-state index contributed by atoms with van der Waals surface area (Å²) >= 11 is 0. The molecule has 0 radical (unpaired) electrons. The number of nitriles is 1. The van der Waals surface area contributed by atoms with Crippen molar-refractivity contribution in [3.8, 4) is 6.07 Å². The summed E-state index contributed by atoms with van der Waals surface area (Å²) in [7, 11) is 0. The molecule has 15 nitrogen and oxygen atoms in total. The third-order valence-corrected chi connectivity index (χ3v) is 8.71. The Morgan fingerprint density at radius 3 is 2.61 bits per heavy atom. The second kappa shape index (κ2) is 13.0. The lowest BCUT2D eigenvalue weighted by Crippen LogP contribution is -2.43. The van der Waals surface area contributed by atoms with Gasteiger partial charge in [-0.05, 0) is 58.2 Å². The monoisotopic (exact) mass is 639 g/mol. The van der Waals surface area contributed by atoms with Crippen molar-refractivity contribution >= 4 is 29.4 Å². The number of ether oxygens (including phenoxy) is 6. The Balaban J connectivity index is 1.35. The van der Waals surface area contributed by atoms with Crippen LogP contribution in [-0.4, -0.2) is 69.3 Å². The molecule has 46 heavy (non-hydrogen) atoms. The average molecular weight is 640 g/mol. The van der Waals surface area contributed by atoms with Gasteiger partial charge in [-0.25, -0.2) is 14.3 Å². The number of aromatic nitrogens is 3. The molecule has 2 N–H and O–H groups in total. The Bertz CT molecular complexity index is 1600. The first-order chi connectivity index (χ1) is 21.9. The van der Waals surface area contributed by atoms with E-state index < -0.39 is 47.4 Å². The van der Waals surface area contributed by atoms with Gasteiger partial charge in [-0.3, -0.25) is 14.9 Å². The van der Waals surface area contributed by atoms with Crippen LogP contribution in [0.15, 0.2) is 42.5 Å². The fourth-order valence-electron chi connectivity index (χ4n) is 6.13. The molecule has 0 aromatic carbocycles. The van der Waals surface area contributed by atoms with Gasteiger partial charge in [0.25, 0.3) is 5.95 Å². The molecule has 5 rings (SSSR count). The molecule has 4 heterocycles. The molecule has 1 aliphatic carbocycles. The summed E-state index contributed by atoms with van der Waals surface area (Å²) in [5, 5.41) is 28.6. The van der Waals surface area contributed by atoms with Crippen molar-refractivity contribution in [2.45, 2.75) is 83.7 Å². The van der Waals surface area contributed by atoms with Crippen molar-refractivity contribution in [2.24, 2.45) is 11.3 Å². The highest BCUT2D eigenvalue weighted by Crippen LogP contribution is 2.43. The van der Waals surface area contributed by atoms with Crippen molar-refractivity contribution in [1.29, 1.82) is 5.26 Å². The maximum Gasteiger partial charge on any atom is 0.413 e. The molecule has 0 unspecified atom stereocenters. The van der Waals surface area contributed by atoms with E-state index in [1.54, 1.807) is 6.92 Å². The maximum atomic E-state index is 13.2. The van der Waals surface area contributed by atoms with E-state index in [2.05, 4.69) is 22.0 Å².